The third-order valence-corrected chi connectivity index (χ3v) is 5.51. The summed E-state index contributed by atoms with van der Waals surface area (Å²) in [4.78, 5) is 33.9. The van der Waals surface area contributed by atoms with E-state index in [1.54, 1.807) is 23.1 Å². The lowest BCUT2D eigenvalue weighted by Gasteiger charge is -2.18. The van der Waals surface area contributed by atoms with Gasteiger partial charge in [-0.05, 0) is 46.1 Å². The Hall–Kier alpha value is -2.98. The zero-order valence-corrected chi connectivity index (χ0v) is 20.1. The summed E-state index contributed by atoms with van der Waals surface area (Å²) in [5, 5.41) is 16.7. The van der Waals surface area contributed by atoms with Gasteiger partial charge in [-0.15, -0.1) is 23.2 Å². The molecule has 3 heterocycles. The van der Waals surface area contributed by atoms with Crippen LogP contribution in [0.1, 0.15) is 48.1 Å². The van der Waals surface area contributed by atoms with Crippen molar-refractivity contribution in [2.75, 3.05) is 5.32 Å². The number of halogens is 2. The number of H-pyrrole nitrogens is 1. The number of carbonyl (C=O) groups is 2. The fourth-order valence-electron chi connectivity index (χ4n) is 3.42. The first-order valence-electron chi connectivity index (χ1n) is 10.6. The standard InChI is InChI=1S/C21H26Cl2N8O2/c1-4-31-16(8-9-26-31)21(33)27-14(6-5-7-17(22)23)20(32)28-18-11-24-15(10-25-18)19-12(2)29-30-13(19)3/h8-11,14,17H,4-7H2,1-3H3,(H,27,33)(H,29,30)(H,25,28,32)/t14-/m0/s1. The minimum absolute atomic E-state index is 0.271. The Morgan fingerprint density at radius 3 is 2.58 bits per heavy atom. The Kier molecular flexibility index (Phi) is 8.40. The molecule has 3 aromatic heterocycles. The molecular weight excluding hydrogens is 467 g/mol. The van der Waals surface area contributed by atoms with Gasteiger partial charge in [0.1, 0.15) is 16.6 Å². The molecule has 10 nitrogen and oxygen atoms in total. The number of alkyl halides is 2. The summed E-state index contributed by atoms with van der Waals surface area (Å²) in [6, 6.07) is 0.787. The first kappa shape index (κ1) is 24.7. The predicted molar refractivity (Wildman–Crippen MR) is 126 cm³/mol. The number of hydrogen-bond acceptors (Lipinski definition) is 6. The number of rotatable bonds is 10. The minimum Gasteiger partial charge on any atom is -0.339 e. The number of aromatic amines is 1. The summed E-state index contributed by atoms with van der Waals surface area (Å²) in [7, 11) is 0. The van der Waals surface area contributed by atoms with E-state index in [9.17, 15) is 9.59 Å². The molecule has 0 saturated carbocycles. The van der Waals surface area contributed by atoms with Crippen LogP contribution in [0.3, 0.4) is 0 Å². The molecule has 0 saturated heterocycles. The summed E-state index contributed by atoms with van der Waals surface area (Å²) in [5.41, 5.74) is 3.58. The van der Waals surface area contributed by atoms with Gasteiger partial charge in [0.05, 0.1) is 23.8 Å². The lowest BCUT2D eigenvalue weighted by molar-refractivity contribution is -0.118. The molecular formula is C21H26Cl2N8O2. The number of nitrogens with zero attached hydrogens (tertiary/aromatic N) is 5. The van der Waals surface area contributed by atoms with Crippen LogP contribution in [0, 0.1) is 13.8 Å². The van der Waals surface area contributed by atoms with Gasteiger partial charge in [0.15, 0.2) is 5.82 Å². The Balaban J connectivity index is 1.71. The quantitative estimate of drug-likeness (QED) is 0.371. The van der Waals surface area contributed by atoms with E-state index in [2.05, 4.69) is 35.9 Å². The molecule has 0 aliphatic rings. The van der Waals surface area contributed by atoms with Crippen molar-refractivity contribution in [1.82, 2.24) is 35.3 Å². The number of hydrogen-bond donors (Lipinski definition) is 3. The highest BCUT2D eigenvalue weighted by molar-refractivity contribution is 6.44. The maximum absolute atomic E-state index is 13.0. The van der Waals surface area contributed by atoms with Crippen LogP contribution in [0.15, 0.2) is 24.7 Å². The average Bonchev–Trinajstić information content (AvgIpc) is 3.39. The monoisotopic (exact) mass is 492 g/mol. The normalized spacial score (nSPS) is 12.1. The van der Waals surface area contributed by atoms with Crippen molar-refractivity contribution < 1.29 is 9.59 Å². The van der Waals surface area contributed by atoms with Crippen molar-refractivity contribution in [1.29, 1.82) is 0 Å². The van der Waals surface area contributed by atoms with Crippen molar-refractivity contribution in [3.05, 3.63) is 41.7 Å². The van der Waals surface area contributed by atoms with E-state index < -0.39 is 22.7 Å². The Morgan fingerprint density at radius 1 is 1.18 bits per heavy atom. The Morgan fingerprint density at radius 2 is 1.97 bits per heavy atom. The summed E-state index contributed by atoms with van der Waals surface area (Å²) in [6.45, 7) is 6.19. The average molecular weight is 493 g/mol. The van der Waals surface area contributed by atoms with Gasteiger partial charge in [0, 0.05) is 24.0 Å². The lowest BCUT2D eigenvalue weighted by Crippen LogP contribution is -2.44. The summed E-state index contributed by atoms with van der Waals surface area (Å²) in [5.74, 6) is -0.535. The minimum atomic E-state index is -0.815. The van der Waals surface area contributed by atoms with E-state index in [4.69, 9.17) is 23.2 Å². The molecule has 0 fully saturated rings. The van der Waals surface area contributed by atoms with Crippen LogP contribution < -0.4 is 10.6 Å². The Labute approximate surface area is 201 Å². The third kappa shape index (κ3) is 6.29. The van der Waals surface area contributed by atoms with Crippen molar-refractivity contribution in [3.8, 4) is 11.3 Å². The molecule has 2 amide bonds. The molecule has 0 aromatic carbocycles. The number of amides is 2. The van der Waals surface area contributed by atoms with Crippen LogP contribution in [0.25, 0.3) is 11.3 Å². The van der Waals surface area contributed by atoms with Gasteiger partial charge in [0.25, 0.3) is 5.91 Å². The van der Waals surface area contributed by atoms with Gasteiger partial charge in [-0.3, -0.25) is 24.4 Å². The topological polar surface area (TPSA) is 130 Å². The molecule has 0 radical (unpaired) electrons. The van der Waals surface area contributed by atoms with Crippen molar-refractivity contribution >= 4 is 40.8 Å². The van der Waals surface area contributed by atoms with Crippen LogP contribution in [0.5, 0.6) is 0 Å². The van der Waals surface area contributed by atoms with Crippen molar-refractivity contribution in [2.24, 2.45) is 0 Å². The molecule has 0 aliphatic heterocycles. The van der Waals surface area contributed by atoms with E-state index in [-0.39, 0.29) is 5.82 Å². The number of aryl methyl sites for hydroxylation is 3. The smallest absolute Gasteiger partial charge is 0.270 e. The first-order valence-corrected chi connectivity index (χ1v) is 11.4. The van der Waals surface area contributed by atoms with Crippen molar-refractivity contribution in [2.45, 2.75) is 57.5 Å². The molecule has 12 heteroatoms. The molecule has 0 bridgehead atoms. The van der Waals surface area contributed by atoms with Crippen LogP contribution in [0.4, 0.5) is 5.82 Å². The number of carbonyl (C=O) groups excluding carboxylic acids is 2. The molecule has 176 valence electrons. The SMILES string of the molecule is CCn1nccc1C(=O)N[C@@H](CCCC(Cl)Cl)C(=O)Nc1cnc(-c2c(C)n[nH]c2C)cn1. The fraction of sp³-hybridized carbons (Fsp3) is 0.429. The van der Waals surface area contributed by atoms with Gasteiger partial charge in [-0.1, -0.05) is 0 Å². The number of aromatic nitrogens is 6. The molecule has 3 rings (SSSR count). The maximum atomic E-state index is 13.0. The molecule has 0 spiro atoms. The van der Waals surface area contributed by atoms with E-state index in [1.807, 2.05) is 20.8 Å². The van der Waals surface area contributed by atoms with Gasteiger partial charge < -0.3 is 10.6 Å². The summed E-state index contributed by atoms with van der Waals surface area (Å²) >= 11 is 11.6. The zero-order valence-electron chi connectivity index (χ0n) is 18.6. The van der Waals surface area contributed by atoms with E-state index in [0.29, 0.717) is 37.2 Å². The number of nitrogens with one attached hydrogen (secondary N) is 3. The largest absolute Gasteiger partial charge is 0.339 e. The van der Waals surface area contributed by atoms with Gasteiger partial charge in [-0.2, -0.15) is 10.2 Å². The second-order valence-electron chi connectivity index (χ2n) is 7.47. The highest BCUT2D eigenvalue weighted by atomic mass is 35.5. The zero-order chi connectivity index (χ0) is 24.0. The van der Waals surface area contributed by atoms with Crippen LogP contribution >= 0.6 is 23.2 Å². The second kappa shape index (κ2) is 11.2. The van der Waals surface area contributed by atoms with Crippen LogP contribution in [-0.4, -0.2) is 52.6 Å². The molecule has 1 atom stereocenters. The van der Waals surface area contributed by atoms with Gasteiger partial charge in [-0.25, -0.2) is 4.98 Å². The molecule has 3 N–H and O–H groups in total. The highest BCUT2D eigenvalue weighted by Gasteiger charge is 2.24. The predicted octanol–water partition coefficient (Wildman–Crippen LogP) is 3.41. The summed E-state index contributed by atoms with van der Waals surface area (Å²) in [6.07, 6.45) is 5.98. The van der Waals surface area contributed by atoms with Crippen LogP contribution in [-0.2, 0) is 11.3 Å². The molecule has 3 aromatic rings. The molecule has 0 aliphatic carbocycles. The highest BCUT2D eigenvalue weighted by Crippen LogP contribution is 2.23. The maximum Gasteiger partial charge on any atom is 0.270 e. The second-order valence-corrected chi connectivity index (χ2v) is 8.74. The van der Waals surface area contributed by atoms with Gasteiger partial charge in [0.2, 0.25) is 5.91 Å². The van der Waals surface area contributed by atoms with E-state index in [1.165, 1.54) is 6.20 Å². The molecule has 33 heavy (non-hydrogen) atoms. The first-order chi connectivity index (χ1) is 15.8. The summed E-state index contributed by atoms with van der Waals surface area (Å²) < 4.78 is 1.56. The van der Waals surface area contributed by atoms with Crippen molar-refractivity contribution in [3.63, 3.8) is 0 Å². The molecule has 0 unspecified atom stereocenters. The van der Waals surface area contributed by atoms with E-state index >= 15 is 0 Å². The third-order valence-electron chi connectivity index (χ3n) is 5.07. The lowest BCUT2D eigenvalue weighted by atomic mass is 10.1. The fourth-order valence-corrected chi connectivity index (χ4v) is 3.73. The van der Waals surface area contributed by atoms with E-state index in [0.717, 1.165) is 17.0 Å². The van der Waals surface area contributed by atoms with Crippen LogP contribution in [0.2, 0.25) is 0 Å². The number of anilines is 1. The Bertz CT molecular complexity index is 1070. The van der Waals surface area contributed by atoms with Gasteiger partial charge >= 0.3 is 0 Å².